The van der Waals surface area contributed by atoms with Gasteiger partial charge in [0.15, 0.2) is 0 Å². The third kappa shape index (κ3) is 6.79. The van der Waals surface area contributed by atoms with Gasteiger partial charge in [0.1, 0.15) is 18.1 Å². The molecule has 1 aromatic heterocycles. The van der Waals surface area contributed by atoms with Crippen molar-refractivity contribution in [2.75, 3.05) is 17.5 Å². The van der Waals surface area contributed by atoms with E-state index in [2.05, 4.69) is 10.5 Å². The number of carbonyl (C=O) groups excluding carboxylic acids is 2. The van der Waals surface area contributed by atoms with Crippen LogP contribution in [0.2, 0.25) is 0 Å². The number of benzene rings is 3. The smallest absolute Gasteiger partial charge is 0.338 e. The highest BCUT2D eigenvalue weighted by atomic mass is 32.2. The third-order valence-corrected chi connectivity index (χ3v) is 7.42. The molecule has 1 heterocycles. The fourth-order valence-electron chi connectivity index (χ4n) is 3.64. The number of ether oxygens (including phenoxy) is 1. The molecule has 0 radical (unpaired) electrons. The molecule has 0 bridgehead atoms. The number of hydrogen-bond donors (Lipinski definition) is 1. The van der Waals surface area contributed by atoms with Crippen LogP contribution < -0.4 is 9.73 Å². The van der Waals surface area contributed by atoms with Gasteiger partial charge in [-0.1, -0.05) is 48.0 Å². The molecule has 0 saturated heterocycles. The van der Waals surface area contributed by atoms with Crippen molar-refractivity contribution < 1.29 is 27.2 Å². The number of nitrogens with one attached hydrogen (secondary N) is 1. The summed E-state index contributed by atoms with van der Waals surface area (Å²) in [5.41, 5.74) is 4.85. The number of esters is 1. The lowest BCUT2D eigenvalue weighted by Gasteiger charge is -2.23. The molecule has 0 aliphatic heterocycles. The average molecular weight is 546 g/mol. The van der Waals surface area contributed by atoms with Crippen molar-refractivity contribution in [1.82, 2.24) is 5.43 Å². The molecule has 0 spiro atoms. The zero-order chi connectivity index (χ0) is 27.8. The third-order valence-electron chi connectivity index (χ3n) is 5.63. The number of hydrazone groups is 1. The van der Waals surface area contributed by atoms with E-state index in [4.69, 9.17) is 9.15 Å². The van der Waals surface area contributed by atoms with Crippen molar-refractivity contribution in [3.8, 4) is 11.3 Å². The van der Waals surface area contributed by atoms with Crippen molar-refractivity contribution in [3.63, 3.8) is 0 Å². The Hall–Kier alpha value is -4.70. The standard InChI is InChI=1S/C29H27N3O6S/c1-3-37-29(34)23-13-11-22(12-14-23)27-18-17-25(38-27)19-30-31-28(33)20-32(24-15-9-21(2)10-16-24)39(35,36)26-7-5-4-6-8-26/h4-19H,3,20H2,1-2H3,(H,31,33)/b30-19-. The van der Waals surface area contributed by atoms with Crippen LogP contribution in [0.3, 0.4) is 0 Å². The summed E-state index contributed by atoms with van der Waals surface area (Å²) in [6.07, 6.45) is 1.32. The second-order valence-electron chi connectivity index (χ2n) is 8.45. The summed E-state index contributed by atoms with van der Waals surface area (Å²) in [4.78, 5) is 24.6. The molecule has 1 amide bonds. The van der Waals surface area contributed by atoms with Gasteiger partial charge in [-0.15, -0.1) is 0 Å². The van der Waals surface area contributed by atoms with E-state index in [-0.39, 0.29) is 4.90 Å². The van der Waals surface area contributed by atoms with Crippen LogP contribution in [0, 0.1) is 6.92 Å². The summed E-state index contributed by atoms with van der Waals surface area (Å²) in [6, 6.07) is 24.9. The summed E-state index contributed by atoms with van der Waals surface area (Å²) in [5, 5.41) is 3.92. The van der Waals surface area contributed by atoms with Gasteiger partial charge in [0.2, 0.25) is 0 Å². The molecule has 0 saturated carbocycles. The first-order valence-corrected chi connectivity index (χ1v) is 13.6. The van der Waals surface area contributed by atoms with E-state index in [0.717, 1.165) is 15.4 Å². The van der Waals surface area contributed by atoms with Crippen molar-refractivity contribution in [2.45, 2.75) is 18.7 Å². The molecule has 200 valence electrons. The van der Waals surface area contributed by atoms with Crippen LogP contribution in [0.5, 0.6) is 0 Å². The first-order valence-electron chi connectivity index (χ1n) is 12.1. The van der Waals surface area contributed by atoms with E-state index < -0.39 is 28.4 Å². The van der Waals surface area contributed by atoms with Crippen LogP contribution >= 0.6 is 0 Å². The van der Waals surface area contributed by atoms with Crippen molar-refractivity contribution >= 4 is 33.8 Å². The minimum Gasteiger partial charge on any atom is -0.462 e. The summed E-state index contributed by atoms with van der Waals surface area (Å²) in [6.45, 7) is 3.45. The second kappa shape index (κ2) is 12.2. The topological polar surface area (TPSA) is 118 Å². The minimum absolute atomic E-state index is 0.0697. The highest BCUT2D eigenvalue weighted by Crippen LogP contribution is 2.24. The normalized spacial score (nSPS) is 11.3. The lowest BCUT2D eigenvalue weighted by Crippen LogP contribution is -2.39. The molecular formula is C29H27N3O6S. The van der Waals surface area contributed by atoms with Gasteiger partial charge in [0.25, 0.3) is 15.9 Å². The number of aryl methyl sites for hydroxylation is 1. The number of nitrogens with zero attached hydrogens (tertiary/aromatic N) is 2. The van der Waals surface area contributed by atoms with E-state index in [1.165, 1.54) is 18.3 Å². The lowest BCUT2D eigenvalue weighted by molar-refractivity contribution is -0.119. The predicted octanol–water partition coefficient (Wildman–Crippen LogP) is 4.78. The Kier molecular flexibility index (Phi) is 8.57. The Morgan fingerprint density at radius 3 is 2.31 bits per heavy atom. The number of rotatable bonds is 10. The van der Waals surface area contributed by atoms with Gasteiger partial charge < -0.3 is 9.15 Å². The number of furan rings is 1. The van der Waals surface area contributed by atoms with Gasteiger partial charge in [-0.2, -0.15) is 5.10 Å². The summed E-state index contributed by atoms with van der Waals surface area (Å²) in [5.74, 6) is -0.123. The Morgan fingerprint density at radius 1 is 0.949 bits per heavy atom. The van der Waals surface area contributed by atoms with Gasteiger partial charge in [-0.3, -0.25) is 9.10 Å². The first kappa shape index (κ1) is 27.3. The molecular weight excluding hydrogens is 518 g/mol. The Balaban J connectivity index is 1.44. The number of carbonyl (C=O) groups is 2. The fourth-order valence-corrected chi connectivity index (χ4v) is 5.08. The highest BCUT2D eigenvalue weighted by Gasteiger charge is 2.27. The molecule has 10 heteroatoms. The zero-order valence-electron chi connectivity index (χ0n) is 21.4. The van der Waals surface area contributed by atoms with Crippen molar-refractivity contribution in [2.24, 2.45) is 5.10 Å². The van der Waals surface area contributed by atoms with Gasteiger partial charge in [0.05, 0.1) is 29.0 Å². The van der Waals surface area contributed by atoms with E-state index in [9.17, 15) is 18.0 Å². The number of hydrogen-bond acceptors (Lipinski definition) is 7. The summed E-state index contributed by atoms with van der Waals surface area (Å²) in [7, 11) is -4.01. The van der Waals surface area contributed by atoms with Crippen molar-refractivity contribution in [1.29, 1.82) is 0 Å². The molecule has 0 aliphatic carbocycles. The maximum atomic E-state index is 13.3. The summed E-state index contributed by atoms with van der Waals surface area (Å²) < 4.78 is 38.5. The quantitative estimate of drug-likeness (QED) is 0.174. The molecule has 39 heavy (non-hydrogen) atoms. The predicted molar refractivity (Wildman–Crippen MR) is 148 cm³/mol. The second-order valence-corrected chi connectivity index (χ2v) is 10.3. The maximum Gasteiger partial charge on any atom is 0.338 e. The van der Waals surface area contributed by atoms with Crippen molar-refractivity contribution in [3.05, 3.63) is 108 Å². The van der Waals surface area contributed by atoms with Gasteiger partial charge >= 0.3 is 5.97 Å². The van der Waals surface area contributed by atoms with E-state index in [0.29, 0.717) is 29.4 Å². The van der Waals surface area contributed by atoms with E-state index in [1.807, 2.05) is 6.92 Å². The van der Waals surface area contributed by atoms with Crippen LogP contribution in [-0.4, -0.2) is 39.7 Å². The van der Waals surface area contributed by atoms with Crippen LogP contribution in [0.1, 0.15) is 28.6 Å². The number of sulfonamides is 1. The largest absolute Gasteiger partial charge is 0.462 e. The Bertz CT molecular complexity index is 1560. The van der Waals surface area contributed by atoms with E-state index >= 15 is 0 Å². The molecule has 9 nitrogen and oxygen atoms in total. The SMILES string of the molecule is CCOC(=O)c1ccc(-c2ccc(/C=N\NC(=O)CN(c3ccc(C)cc3)S(=O)(=O)c3ccccc3)o2)cc1. The fraction of sp³-hybridized carbons (Fsp3) is 0.138. The minimum atomic E-state index is -4.01. The van der Waals surface area contributed by atoms with Gasteiger partial charge in [-0.05, 0) is 62.4 Å². The van der Waals surface area contributed by atoms with Gasteiger partial charge in [-0.25, -0.2) is 18.6 Å². The lowest BCUT2D eigenvalue weighted by atomic mass is 10.1. The Morgan fingerprint density at radius 2 is 1.64 bits per heavy atom. The number of anilines is 1. The molecule has 0 fully saturated rings. The van der Waals surface area contributed by atoms with Crippen LogP contribution in [0.25, 0.3) is 11.3 Å². The molecule has 0 aliphatic rings. The monoisotopic (exact) mass is 545 g/mol. The zero-order valence-corrected chi connectivity index (χ0v) is 22.2. The maximum absolute atomic E-state index is 13.3. The molecule has 4 aromatic rings. The van der Waals surface area contributed by atoms with Gasteiger partial charge in [0, 0.05) is 5.56 Å². The average Bonchev–Trinajstić information content (AvgIpc) is 3.42. The molecule has 1 N–H and O–H groups in total. The molecule has 0 atom stereocenters. The van der Waals surface area contributed by atoms with E-state index in [1.54, 1.807) is 85.8 Å². The molecule has 3 aromatic carbocycles. The Labute approximate surface area is 226 Å². The van der Waals surface area contributed by atoms with Crippen LogP contribution in [0.4, 0.5) is 5.69 Å². The number of amides is 1. The highest BCUT2D eigenvalue weighted by molar-refractivity contribution is 7.92. The molecule has 4 rings (SSSR count). The van der Waals surface area contributed by atoms with Crippen LogP contribution in [-0.2, 0) is 19.6 Å². The summed E-state index contributed by atoms with van der Waals surface area (Å²) >= 11 is 0. The molecule has 0 unspecified atom stereocenters. The first-order chi connectivity index (χ1) is 18.8. The van der Waals surface area contributed by atoms with Crippen LogP contribution in [0.15, 0.2) is 105 Å².